The topological polar surface area (TPSA) is 0 Å². The second kappa shape index (κ2) is 7.87. The standard InChI is InChI=1S/C8H16BrCl/c1-8(9)6-4-2-3-5-7-10/h8H,2-7H2,1H3. The second-order valence-electron chi connectivity index (χ2n) is 2.67. The highest BCUT2D eigenvalue weighted by Crippen LogP contribution is 2.10. The van der Waals surface area contributed by atoms with Gasteiger partial charge in [0.05, 0.1) is 0 Å². The van der Waals surface area contributed by atoms with E-state index in [4.69, 9.17) is 11.6 Å². The normalized spacial score (nSPS) is 13.5. The zero-order valence-corrected chi connectivity index (χ0v) is 8.92. The molecule has 2 heteroatoms. The first-order chi connectivity index (χ1) is 4.77. The lowest BCUT2D eigenvalue weighted by Gasteiger charge is -2.01. The maximum absolute atomic E-state index is 5.53. The molecular weight excluding hydrogens is 211 g/mol. The quantitative estimate of drug-likeness (QED) is 0.476. The molecule has 0 saturated heterocycles. The highest BCUT2D eigenvalue weighted by Gasteiger charge is 1.94. The Kier molecular flexibility index (Phi) is 8.48. The van der Waals surface area contributed by atoms with Crippen LogP contribution < -0.4 is 0 Å². The molecule has 0 bridgehead atoms. The molecule has 0 fully saturated rings. The summed E-state index contributed by atoms with van der Waals surface area (Å²) in [7, 11) is 0. The maximum Gasteiger partial charge on any atom is 0.0223 e. The molecule has 0 radical (unpaired) electrons. The molecule has 0 N–H and O–H groups in total. The number of alkyl halides is 2. The molecule has 62 valence electrons. The fourth-order valence-corrected chi connectivity index (χ4v) is 1.39. The van der Waals surface area contributed by atoms with Gasteiger partial charge in [0.2, 0.25) is 0 Å². The summed E-state index contributed by atoms with van der Waals surface area (Å²) < 4.78 is 0. The first-order valence-corrected chi connectivity index (χ1v) is 5.42. The van der Waals surface area contributed by atoms with Crippen LogP contribution in [0.5, 0.6) is 0 Å². The number of hydrogen-bond acceptors (Lipinski definition) is 0. The molecular formula is C8H16BrCl. The molecule has 0 heterocycles. The van der Waals surface area contributed by atoms with E-state index in [2.05, 4.69) is 22.9 Å². The van der Waals surface area contributed by atoms with Crippen molar-refractivity contribution in [3.63, 3.8) is 0 Å². The van der Waals surface area contributed by atoms with E-state index in [9.17, 15) is 0 Å². The Balaban J connectivity index is 2.77. The van der Waals surface area contributed by atoms with E-state index in [1.807, 2.05) is 0 Å². The van der Waals surface area contributed by atoms with Crippen molar-refractivity contribution in [2.45, 2.75) is 43.9 Å². The van der Waals surface area contributed by atoms with Crippen LogP contribution in [-0.2, 0) is 0 Å². The third-order valence-electron chi connectivity index (χ3n) is 1.49. The summed E-state index contributed by atoms with van der Waals surface area (Å²) in [6, 6.07) is 0. The number of halogens is 2. The maximum atomic E-state index is 5.53. The van der Waals surface area contributed by atoms with Crippen LogP contribution in [0.15, 0.2) is 0 Å². The van der Waals surface area contributed by atoms with Crippen LogP contribution in [0.25, 0.3) is 0 Å². The lowest BCUT2D eigenvalue weighted by Crippen LogP contribution is -1.89. The number of rotatable bonds is 6. The van der Waals surface area contributed by atoms with E-state index in [0.29, 0.717) is 4.83 Å². The zero-order chi connectivity index (χ0) is 7.82. The van der Waals surface area contributed by atoms with Gasteiger partial charge in [0.25, 0.3) is 0 Å². The monoisotopic (exact) mass is 226 g/mol. The first kappa shape index (κ1) is 10.8. The summed E-state index contributed by atoms with van der Waals surface area (Å²) in [5.41, 5.74) is 0. The molecule has 1 unspecified atom stereocenters. The molecule has 0 nitrogen and oxygen atoms in total. The van der Waals surface area contributed by atoms with Crippen LogP contribution in [0.2, 0.25) is 0 Å². The van der Waals surface area contributed by atoms with Crippen molar-refractivity contribution >= 4 is 27.5 Å². The molecule has 0 amide bonds. The Hall–Kier alpha value is 0.770. The third kappa shape index (κ3) is 8.77. The van der Waals surface area contributed by atoms with Crippen LogP contribution in [0.3, 0.4) is 0 Å². The van der Waals surface area contributed by atoms with E-state index >= 15 is 0 Å². The van der Waals surface area contributed by atoms with Gasteiger partial charge in [-0.3, -0.25) is 0 Å². The Morgan fingerprint density at radius 1 is 1.20 bits per heavy atom. The Labute approximate surface area is 77.5 Å². The molecule has 0 saturated carbocycles. The summed E-state index contributed by atoms with van der Waals surface area (Å²) in [5.74, 6) is 0.823. The zero-order valence-electron chi connectivity index (χ0n) is 6.58. The third-order valence-corrected chi connectivity index (χ3v) is 2.21. The molecule has 0 rings (SSSR count). The number of unbranched alkanes of at least 4 members (excludes halogenated alkanes) is 3. The molecule has 1 atom stereocenters. The molecule has 0 aromatic rings. The van der Waals surface area contributed by atoms with Crippen molar-refractivity contribution in [3.8, 4) is 0 Å². The molecule has 0 aromatic heterocycles. The van der Waals surface area contributed by atoms with Crippen molar-refractivity contribution in [3.05, 3.63) is 0 Å². The minimum atomic E-state index is 0.684. The fourth-order valence-electron chi connectivity index (χ4n) is 0.874. The minimum Gasteiger partial charge on any atom is -0.127 e. The highest BCUT2D eigenvalue weighted by atomic mass is 79.9. The van der Waals surface area contributed by atoms with Crippen LogP contribution in [0.1, 0.15) is 39.0 Å². The predicted octanol–water partition coefficient (Wildman–Crippen LogP) is 3.96. The van der Waals surface area contributed by atoms with Gasteiger partial charge >= 0.3 is 0 Å². The van der Waals surface area contributed by atoms with E-state index < -0.39 is 0 Å². The average Bonchev–Trinajstić information content (AvgIpc) is 1.87. The van der Waals surface area contributed by atoms with Crippen LogP contribution >= 0.6 is 27.5 Å². The van der Waals surface area contributed by atoms with Gasteiger partial charge in [0.1, 0.15) is 0 Å². The first-order valence-electron chi connectivity index (χ1n) is 3.97. The van der Waals surface area contributed by atoms with E-state index in [-0.39, 0.29) is 0 Å². The van der Waals surface area contributed by atoms with E-state index in [1.54, 1.807) is 0 Å². The Morgan fingerprint density at radius 3 is 2.30 bits per heavy atom. The molecule has 0 aromatic carbocycles. The average molecular weight is 228 g/mol. The van der Waals surface area contributed by atoms with Crippen molar-refractivity contribution in [2.24, 2.45) is 0 Å². The molecule has 0 aliphatic heterocycles. The Bertz CT molecular complexity index is 64.3. The van der Waals surface area contributed by atoms with Gasteiger partial charge in [0, 0.05) is 10.7 Å². The van der Waals surface area contributed by atoms with Gasteiger partial charge in [-0.25, -0.2) is 0 Å². The predicted molar refractivity (Wildman–Crippen MR) is 52.2 cm³/mol. The largest absolute Gasteiger partial charge is 0.127 e. The summed E-state index contributed by atoms with van der Waals surface area (Å²) >= 11 is 9.05. The lowest BCUT2D eigenvalue weighted by molar-refractivity contribution is 0.635. The van der Waals surface area contributed by atoms with Crippen molar-refractivity contribution in [1.29, 1.82) is 0 Å². The van der Waals surface area contributed by atoms with Gasteiger partial charge in [0.15, 0.2) is 0 Å². The molecule has 0 aliphatic carbocycles. The molecule has 0 spiro atoms. The number of hydrogen-bond donors (Lipinski definition) is 0. The van der Waals surface area contributed by atoms with Gasteiger partial charge in [-0.15, -0.1) is 11.6 Å². The smallest absolute Gasteiger partial charge is 0.0223 e. The molecule has 10 heavy (non-hydrogen) atoms. The van der Waals surface area contributed by atoms with E-state index in [0.717, 1.165) is 5.88 Å². The molecule has 0 aliphatic rings. The SMILES string of the molecule is CC(Br)CCCCCCCl. The van der Waals surface area contributed by atoms with Gasteiger partial charge in [-0.1, -0.05) is 42.1 Å². The Morgan fingerprint density at radius 2 is 1.80 bits per heavy atom. The van der Waals surface area contributed by atoms with Gasteiger partial charge < -0.3 is 0 Å². The van der Waals surface area contributed by atoms with Crippen molar-refractivity contribution < 1.29 is 0 Å². The summed E-state index contributed by atoms with van der Waals surface area (Å²) in [4.78, 5) is 0.684. The van der Waals surface area contributed by atoms with Crippen LogP contribution in [0, 0.1) is 0 Å². The fraction of sp³-hybridized carbons (Fsp3) is 1.00. The minimum absolute atomic E-state index is 0.684. The summed E-state index contributed by atoms with van der Waals surface area (Å²) in [6.07, 6.45) is 6.44. The van der Waals surface area contributed by atoms with Gasteiger partial charge in [-0.05, 0) is 12.8 Å². The van der Waals surface area contributed by atoms with Crippen molar-refractivity contribution in [2.75, 3.05) is 5.88 Å². The van der Waals surface area contributed by atoms with Crippen molar-refractivity contribution in [1.82, 2.24) is 0 Å². The summed E-state index contributed by atoms with van der Waals surface area (Å²) in [6.45, 7) is 2.20. The van der Waals surface area contributed by atoms with E-state index in [1.165, 1.54) is 32.1 Å². The highest BCUT2D eigenvalue weighted by molar-refractivity contribution is 9.09. The lowest BCUT2D eigenvalue weighted by atomic mass is 10.1. The van der Waals surface area contributed by atoms with Crippen LogP contribution in [-0.4, -0.2) is 10.7 Å². The summed E-state index contributed by atoms with van der Waals surface area (Å²) in [5, 5.41) is 0. The second-order valence-corrected chi connectivity index (χ2v) is 4.61. The van der Waals surface area contributed by atoms with Gasteiger partial charge in [-0.2, -0.15) is 0 Å². The van der Waals surface area contributed by atoms with Crippen LogP contribution in [0.4, 0.5) is 0 Å².